The minimum absolute atomic E-state index is 0.00925. The van der Waals surface area contributed by atoms with Crippen LogP contribution in [-0.4, -0.2) is 44.4 Å². The van der Waals surface area contributed by atoms with Crippen molar-refractivity contribution in [2.75, 3.05) is 32.8 Å². The number of carbonyl (C=O) groups is 1. The Morgan fingerprint density at radius 1 is 1.25 bits per heavy atom. The molecule has 1 aromatic carbocycles. The summed E-state index contributed by atoms with van der Waals surface area (Å²) < 4.78 is 16.2. The third-order valence-electron chi connectivity index (χ3n) is 5.37. The van der Waals surface area contributed by atoms with E-state index in [0.29, 0.717) is 19.1 Å². The Morgan fingerprint density at radius 3 is 2.71 bits per heavy atom. The number of ether oxygens (including phenoxy) is 3. The van der Waals surface area contributed by atoms with Crippen LogP contribution >= 0.6 is 0 Å². The van der Waals surface area contributed by atoms with Crippen molar-refractivity contribution in [1.29, 1.82) is 0 Å². The monoisotopic (exact) mass is 383 g/mol. The molecule has 0 bridgehead atoms. The van der Waals surface area contributed by atoms with E-state index < -0.39 is 0 Å². The van der Waals surface area contributed by atoms with Gasteiger partial charge in [0.05, 0.1) is 32.3 Å². The van der Waals surface area contributed by atoms with Crippen LogP contribution in [0.4, 0.5) is 5.69 Å². The minimum atomic E-state index is -0.218. The van der Waals surface area contributed by atoms with Crippen LogP contribution in [0.15, 0.2) is 36.5 Å². The molecule has 7 nitrogen and oxygen atoms in total. The summed E-state index contributed by atoms with van der Waals surface area (Å²) in [5, 5.41) is 6.55. The van der Waals surface area contributed by atoms with Gasteiger partial charge in [-0.1, -0.05) is 12.1 Å². The maximum absolute atomic E-state index is 13.0. The zero-order chi connectivity index (χ0) is 19.7. The van der Waals surface area contributed by atoms with Crippen LogP contribution in [0.5, 0.6) is 11.6 Å². The Hall–Kier alpha value is -2.80. The van der Waals surface area contributed by atoms with Crippen molar-refractivity contribution in [3.63, 3.8) is 0 Å². The Bertz CT molecular complexity index is 855. The van der Waals surface area contributed by atoms with E-state index in [1.807, 2.05) is 37.3 Å². The molecule has 0 spiro atoms. The van der Waals surface area contributed by atoms with E-state index in [2.05, 4.69) is 15.6 Å². The Kier molecular flexibility index (Phi) is 5.09. The lowest BCUT2D eigenvalue weighted by Gasteiger charge is -2.20. The van der Waals surface area contributed by atoms with E-state index in [1.54, 1.807) is 20.4 Å². The molecule has 1 fully saturated rings. The summed E-state index contributed by atoms with van der Waals surface area (Å²) in [5.74, 6) is 1.38. The molecule has 0 radical (unpaired) electrons. The number of carbonyl (C=O) groups excluding carboxylic acids is 1. The van der Waals surface area contributed by atoms with Crippen molar-refractivity contribution in [2.24, 2.45) is 5.92 Å². The number of amides is 1. The minimum Gasteiger partial charge on any atom is -0.494 e. The molecule has 4 atom stereocenters. The van der Waals surface area contributed by atoms with Gasteiger partial charge < -0.3 is 24.8 Å². The Balaban J connectivity index is 1.46. The third-order valence-corrected chi connectivity index (χ3v) is 5.37. The van der Waals surface area contributed by atoms with E-state index in [4.69, 9.17) is 14.2 Å². The average Bonchev–Trinajstić information content (AvgIpc) is 3.29. The van der Waals surface area contributed by atoms with E-state index in [0.717, 1.165) is 22.6 Å². The van der Waals surface area contributed by atoms with E-state index in [9.17, 15) is 4.79 Å². The maximum atomic E-state index is 13.0. The number of hydrogen-bond acceptors (Lipinski definition) is 6. The molecule has 7 heteroatoms. The highest BCUT2D eigenvalue weighted by atomic mass is 16.5. The van der Waals surface area contributed by atoms with Crippen LogP contribution in [0, 0.1) is 5.92 Å². The van der Waals surface area contributed by atoms with E-state index in [-0.39, 0.29) is 29.8 Å². The molecule has 0 saturated heterocycles. The van der Waals surface area contributed by atoms with Crippen molar-refractivity contribution in [1.82, 2.24) is 10.3 Å². The number of fused-ring (bicyclic) bond motifs is 3. The zero-order valence-electron chi connectivity index (χ0n) is 16.3. The fraction of sp³-hybridized carbons (Fsp3) is 0.429. The number of rotatable bonds is 8. The summed E-state index contributed by atoms with van der Waals surface area (Å²) >= 11 is 0. The number of benzene rings is 1. The van der Waals surface area contributed by atoms with Gasteiger partial charge in [-0.05, 0) is 30.7 Å². The van der Waals surface area contributed by atoms with Gasteiger partial charge in [0.15, 0.2) is 0 Å². The number of anilines is 1. The van der Waals surface area contributed by atoms with Crippen molar-refractivity contribution in [3.05, 3.63) is 47.7 Å². The molecule has 3 unspecified atom stereocenters. The lowest BCUT2D eigenvalue weighted by atomic mass is 10.1. The highest BCUT2D eigenvalue weighted by Gasteiger charge is 2.61. The predicted molar refractivity (Wildman–Crippen MR) is 105 cm³/mol. The third kappa shape index (κ3) is 3.26. The van der Waals surface area contributed by atoms with Gasteiger partial charge >= 0.3 is 0 Å². The molecule has 28 heavy (non-hydrogen) atoms. The van der Waals surface area contributed by atoms with Crippen LogP contribution in [-0.2, 0) is 9.53 Å². The normalized spacial score (nSPS) is 22.5. The van der Waals surface area contributed by atoms with Crippen molar-refractivity contribution >= 4 is 11.6 Å². The number of nitrogens with one attached hydrogen (secondary N) is 2. The van der Waals surface area contributed by atoms with Crippen LogP contribution < -0.4 is 20.1 Å². The molecular weight excluding hydrogens is 358 g/mol. The molecule has 4 rings (SSSR count). The maximum Gasteiger partial charge on any atom is 0.226 e. The SMILES string of the molecule is CCOc1ccc([C@H](COC)NC(=O)C2C3Nc4ccnc(OC)c4C32)cc1. The molecule has 148 valence electrons. The first kappa shape index (κ1) is 18.6. The second kappa shape index (κ2) is 7.67. The highest BCUT2D eigenvalue weighted by Crippen LogP contribution is 2.59. The first-order valence-electron chi connectivity index (χ1n) is 9.49. The predicted octanol–water partition coefficient (Wildman–Crippen LogP) is 2.50. The summed E-state index contributed by atoms with van der Waals surface area (Å²) in [5.41, 5.74) is 2.99. The topological polar surface area (TPSA) is 81.7 Å². The lowest BCUT2D eigenvalue weighted by molar-refractivity contribution is -0.123. The zero-order valence-corrected chi connectivity index (χ0v) is 16.3. The summed E-state index contributed by atoms with van der Waals surface area (Å²) in [6, 6.07) is 9.54. The fourth-order valence-electron chi connectivity index (χ4n) is 4.04. The first-order chi connectivity index (χ1) is 13.7. The molecule has 1 aliphatic heterocycles. The van der Waals surface area contributed by atoms with Gasteiger partial charge in [-0.2, -0.15) is 0 Å². The molecule has 1 aliphatic carbocycles. The van der Waals surface area contributed by atoms with Gasteiger partial charge in [0.2, 0.25) is 11.8 Å². The second-order valence-corrected chi connectivity index (χ2v) is 7.02. The standard InChI is InChI=1S/C21H25N3O4/c1-4-28-13-7-5-12(6-8-13)15(11-26-2)24-20(25)18-17-16-14(23-19(17)18)9-10-22-21(16)27-3/h5-10,15,17-19,23H,4,11H2,1-3H3,(H,24,25)/t15-,17?,18?,19?/m0/s1. The van der Waals surface area contributed by atoms with Crippen LogP contribution in [0.25, 0.3) is 0 Å². The number of nitrogens with zero attached hydrogens (tertiary/aromatic N) is 1. The Labute approximate surface area is 164 Å². The summed E-state index contributed by atoms with van der Waals surface area (Å²) in [7, 11) is 3.24. The first-order valence-corrected chi connectivity index (χ1v) is 9.49. The Morgan fingerprint density at radius 2 is 2.04 bits per heavy atom. The van der Waals surface area contributed by atoms with Gasteiger partial charge in [0.1, 0.15) is 5.75 Å². The molecule has 1 saturated carbocycles. The number of hydrogen-bond donors (Lipinski definition) is 2. The summed E-state index contributed by atoms with van der Waals surface area (Å²) in [6.45, 7) is 2.97. The summed E-state index contributed by atoms with van der Waals surface area (Å²) in [6.07, 6.45) is 1.71. The lowest BCUT2D eigenvalue weighted by Crippen LogP contribution is -2.34. The molecular formula is C21H25N3O4. The molecule has 1 aromatic heterocycles. The molecule has 1 amide bonds. The van der Waals surface area contributed by atoms with Gasteiger partial charge in [0.25, 0.3) is 0 Å². The van der Waals surface area contributed by atoms with Crippen LogP contribution in [0.2, 0.25) is 0 Å². The molecule has 2 aromatic rings. The van der Waals surface area contributed by atoms with Gasteiger partial charge in [-0.3, -0.25) is 4.79 Å². The smallest absolute Gasteiger partial charge is 0.226 e. The molecule has 2 N–H and O–H groups in total. The quantitative estimate of drug-likeness (QED) is 0.729. The van der Waals surface area contributed by atoms with E-state index in [1.165, 1.54) is 0 Å². The highest BCUT2D eigenvalue weighted by molar-refractivity contribution is 5.89. The van der Waals surface area contributed by atoms with E-state index >= 15 is 0 Å². The number of pyridine rings is 1. The van der Waals surface area contributed by atoms with Crippen LogP contribution in [0.1, 0.15) is 30.0 Å². The molecule has 2 heterocycles. The average molecular weight is 383 g/mol. The fourth-order valence-corrected chi connectivity index (χ4v) is 4.04. The van der Waals surface area contributed by atoms with Crippen LogP contribution in [0.3, 0.4) is 0 Å². The van der Waals surface area contributed by atoms with Gasteiger partial charge in [-0.25, -0.2) is 4.98 Å². The second-order valence-electron chi connectivity index (χ2n) is 7.02. The summed E-state index contributed by atoms with van der Waals surface area (Å²) in [4.78, 5) is 17.2. The van der Waals surface area contributed by atoms with Gasteiger partial charge in [0, 0.05) is 36.5 Å². The molecule has 2 aliphatic rings. The number of methoxy groups -OCH3 is 2. The van der Waals surface area contributed by atoms with Crippen molar-refractivity contribution in [3.8, 4) is 11.6 Å². The number of aromatic nitrogens is 1. The van der Waals surface area contributed by atoms with Gasteiger partial charge in [-0.15, -0.1) is 0 Å². The largest absolute Gasteiger partial charge is 0.494 e. The van der Waals surface area contributed by atoms with Crippen molar-refractivity contribution in [2.45, 2.75) is 24.9 Å². The van der Waals surface area contributed by atoms with Crippen molar-refractivity contribution < 1.29 is 19.0 Å².